The van der Waals surface area contributed by atoms with Crippen molar-refractivity contribution in [3.05, 3.63) is 58.9 Å². The van der Waals surface area contributed by atoms with Gasteiger partial charge in [0.15, 0.2) is 0 Å². The molecule has 0 amide bonds. The highest BCUT2D eigenvalue weighted by Crippen LogP contribution is 2.18. The van der Waals surface area contributed by atoms with Crippen LogP contribution in [0, 0.1) is 0 Å². The van der Waals surface area contributed by atoms with E-state index in [-0.39, 0.29) is 0 Å². The maximum atomic E-state index is 5.41. The van der Waals surface area contributed by atoms with Crippen LogP contribution >= 0.6 is 11.3 Å². The molecule has 2 aromatic carbocycles. The maximum Gasteiger partial charge on any atom is 0.211 e. The van der Waals surface area contributed by atoms with Crippen molar-refractivity contribution in [2.45, 2.75) is 6.92 Å². The fraction of sp³-hybridized carbons (Fsp3) is 0.300. The summed E-state index contributed by atoms with van der Waals surface area (Å²) in [4.78, 5) is 3.25. The number of hydrogen-bond donors (Lipinski definition) is 0. The minimum Gasteiger partial charge on any atom is -0.378 e. The number of para-hydroxylation sites is 1. The first-order chi connectivity index (χ1) is 12.7. The normalized spacial score (nSPS) is 16.5. The fourth-order valence-corrected chi connectivity index (χ4v) is 4.06. The van der Waals surface area contributed by atoms with Gasteiger partial charge in [0.2, 0.25) is 4.80 Å². The molecular weight excluding hydrogens is 344 g/mol. The number of fused-ring (bicyclic) bond motifs is 1. The zero-order chi connectivity index (χ0) is 17.9. The first kappa shape index (κ1) is 17.0. The monoisotopic (exact) mass is 366 g/mol. The van der Waals surface area contributed by atoms with Crippen LogP contribution in [-0.2, 0) is 11.8 Å². The molecule has 0 aliphatic carbocycles. The van der Waals surface area contributed by atoms with Crippen molar-refractivity contribution < 1.29 is 4.74 Å². The van der Waals surface area contributed by atoms with Gasteiger partial charge in [-0.05, 0) is 36.8 Å². The Morgan fingerprint density at radius 3 is 2.50 bits per heavy atom. The van der Waals surface area contributed by atoms with E-state index in [1.165, 1.54) is 15.9 Å². The number of thiazole rings is 1. The van der Waals surface area contributed by atoms with Crippen molar-refractivity contribution in [2.75, 3.05) is 31.2 Å². The number of nitrogens with zero attached hydrogens (tertiary/aromatic N) is 4. The molecule has 1 saturated heterocycles. The highest BCUT2D eigenvalue weighted by molar-refractivity contribution is 7.16. The molecule has 0 atom stereocenters. The summed E-state index contributed by atoms with van der Waals surface area (Å²) < 4.78 is 8.71. The van der Waals surface area contributed by atoms with Crippen LogP contribution in [0.1, 0.15) is 12.5 Å². The molecule has 26 heavy (non-hydrogen) atoms. The van der Waals surface area contributed by atoms with Crippen molar-refractivity contribution in [2.24, 2.45) is 17.3 Å². The Morgan fingerprint density at radius 2 is 1.77 bits per heavy atom. The van der Waals surface area contributed by atoms with Crippen molar-refractivity contribution in [3.8, 4) is 0 Å². The molecular formula is C20H22N4OS. The summed E-state index contributed by atoms with van der Waals surface area (Å²) >= 11 is 1.65. The number of rotatable bonds is 3. The number of aryl methyl sites for hydroxylation is 1. The molecule has 0 bridgehead atoms. The highest BCUT2D eigenvalue weighted by atomic mass is 32.1. The van der Waals surface area contributed by atoms with Crippen LogP contribution in [0.5, 0.6) is 0 Å². The summed E-state index contributed by atoms with van der Waals surface area (Å²) in [5.74, 6) is 0. The molecule has 1 aliphatic heterocycles. The Balaban J connectivity index is 1.58. The molecule has 0 saturated carbocycles. The lowest BCUT2D eigenvalue weighted by atomic mass is 10.1. The van der Waals surface area contributed by atoms with E-state index < -0.39 is 0 Å². The van der Waals surface area contributed by atoms with Crippen molar-refractivity contribution in [1.29, 1.82) is 0 Å². The minimum atomic E-state index is 0.799. The molecule has 0 unspecified atom stereocenters. The summed E-state index contributed by atoms with van der Waals surface area (Å²) in [6, 6.07) is 16.8. The van der Waals surface area contributed by atoms with E-state index in [0.717, 1.165) is 42.4 Å². The van der Waals surface area contributed by atoms with Crippen molar-refractivity contribution >= 4 is 33.0 Å². The van der Waals surface area contributed by atoms with E-state index in [1.807, 2.05) is 26.1 Å². The van der Waals surface area contributed by atoms with Gasteiger partial charge in [0, 0.05) is 25.8 Å². The minimum absolute atomic E-state index is 0.799. The molecule has 1 aromatic heterocycles. The second-order valence-electron chi connectivity index (χ2n) is 6.34. The van der Waals surface area contributed by atoms with Crippen molar-refractivity contribution in [1.82, 2.24) is 4.57 Å². The van der Waals surface area contributed by atoms with Gasteiger partial charge in [-0.2, -0.15) is 5.10 Å². The molecule has 1 fully saturated rings. The standard InChI is InChI=1S/C20H22N4OS/c1-15(16-7-9-17(10-8-16)24-11-13-25-14-12-24)21-22-20-23(2)18-5-3-4-6-19(18)26-20/h3-10H,11-14H2,1-2H3/b21-15-,22-20+. The van der Waals surface area contributed by atoms with Gasteiger partial charge in [-0.1, -0.05) is 35.6 Å². The Bertz CT molecular complexity index is 995. The van der Waals surface area contributed by atoms with Crippen LogP contribution in [0.25, 0.3) is 10.2 Å². The predicted octanol–water partition coefficient (Wildman–Crippen LogP) is 3.40. The molecule has 134 valence electrons. The number of morpholine rings is 1. The third-order valence-corrected chi connectivity index (χ3v) is 5.76. The molecule has 0 N–H and O–H groups in total. The van der Waals surface area contributed by atoms with E-state index in [4.69, 9.17) is 4.74 Å². The Hall–Kier alpha value is -2.44. The quantitative estimate of drug-likeness (QED) is 0.527. The summed E-state index contributed by atoms with van der Waals surface area (Å²) in [6.07, 6.45) is 0. The lowest BCUT2D eigenvalue weighted by Gasteiger charge is -2.28. The average molecular weight is 366 g/mol. The third-order valence-electron chi connectivity index (χ3n) is 4.66. The summed E-state index contributed by atoms with van der Waals surface area (Å²) in [5, 5.41) is 8.93. The first-order valence-corrected chi connectivity index (χ1v) is 9.60. The summed E-state index contributed by atoms with van der Waals surface area (Å²) in [6.45, 7) is 5.50. The van der Waals surface area contributed by atoms with E-state index in [0.29, 0.717) is 0 Å². The molecule has 1 aliphatic rings. The van der Waals surface area contributed by atoms with Crippen molar-refractivity contribution in [3.63, 3.8) is 0 Å². The van der Waals surface area contributed by atoms with Gasteiger partial charge in [0.1, 0.15) is 0 Å². The smallest absolute Gasteiger partial charge is 0.211 e. The molecule has 0 spiro atoms. The van der Waals surface area contributed by atoms with Crippen LogP contribution in [0.4, 0.5) is 5.69 Å². The fourth-order valence-electron chi connectivity index (χ4n) is 3.09. The lowest BCUT2D eigenvalue weighted by Crippen LogP contribution is -2.36. The molecule has 5 nitrogen and oxygen atoms in total. The number of anilines is 1. The van der Waals surface area contributed by atoms with Gasteiger partial charge in [0.05, 0.1) is 29.1 Å². The van der Waals surface area contributed by atoms with Gasteiger partial charge in [-0.15, -0.1) is 5.10 Å². The van der Waals surface area contributed by atoms with Crippen LogP contribution in [-0.4, -0.2) is 36.6 Å². The Kier molecular flexibility index (Phi) is 4.86. The summed E-state index contributed by atoms with van der Waals surface area (Å²) in [7, 11) is 2.03. The van der Waals surface area contributed by atoms with Gasteiger partial charge in [0.25, 0.3) is 0 Å². The zero-order valence-electron chi connectivity index (χ0n) is 15.1. The lowest BCUT2D eigenvalue weighted by molar-refractivity contribution is 0.122. The molecule has 2 heterocycles. The van der Waals surface area contributed by atoms with E-state index in [2.05, 4.69) is 56.1 Å². The molecule has 6 heteroatoms. The second kappa shape index (κ2) is 7.43. The molecule has 3 aromatic rings. The van der Waals surface area contributed by atoms with Crippen LogP contribution in [0.15, 0.2) is 58.7 Å². The number of ether oxygens (including phenoxy) is 1. The van der Waals surface area contributed by atoms with Gasteiger partial charge in [-0.3, -0.25) is 0 Å². The van der Waals surface area contributed by atoms with E-state index in [9.17, 15) is 0 Å². The van der Waals surface area contributed by atoms with Crippen LogP contribution in [0.2, 0.25) is 0 Å². The maximum absolute atomic E-state index is 5.41. The van der Waals surface area contributed by atoms with Gasteiger partial charge < -0.3 is 14.2 Å². The van der Waals surface area contributed by atoms with Crippen LogP contribution < -0.4 is 9.70 Å². The van der Waals surface area contributed by atoms with E-state index >= 15 is 0 Å². The zero-order valence-corrected chi connectivity index (χ0v) is 15.9. The summed E-state index contributed by atoms with van der Waals surface area (Å²) in [5.41, 5.74) is 4.42. The predicted molar refractivity (Wildman–Crippen MR) is 108 cm³/mol. The Labute approximate surface area is 156 Å². The van der Waals surface area contributed by atoms with Gasteiger partial charge in [-0.25, -0.2) is 0 Å². The molecule has 0 radical (unpaired) electrons. The third kappa shape index (κ3) is 3.43. The number of hydrogen-bond acceptors (Lipinski definition) is 5. The second-order valence-corrected chi connectivity index (χ2v) is 7.35. The topological polar surface area (TPSA) is 42.1 Å². The number of aromatic nitrogens is 1. The van der Waals surface area contributed by atoms with E-state index in [1.54, 1.807) is 11.3 Å². The largest absolute Gasteiger partial charge is 0.378 e. The number of benzene rings is 2. The van der Waals surface area contributed by atoms with Crippen LogP contribution in [0.3, 0.4) is 0 Å². The SMILES string of the molecule is C/C(=N/N=c1/sc2ccccc2n1C)c1ccc(N2CCOCC2)cc1. The average Bonchev–Trinajstić information content (AvgIpc) is 3.03. The van der Waals surface area contributed by atoms with Gasteiger partial charge >= 0.3 is 0 Å². The Morgan fingerprint density at radius 1 is 1.04 bits per heavy atom. The molecule has 4 rings (SSSR count). The highest BCUT2D eigenvalue weighted by Gasteiger charge is 2.11. The first-order valence-electron chi connectivity index (χ1n) is 8.78.